The van der Waals surface area contributed by atoms with Gasteiger partial charge in [-0.05, 0) is 26.7 Å². The number of rotatable bonds is 1. The topological polar surface area (TPSA) is 44.8 Å². The van der Waals surface area contributed by atoms with Gasteiger partial charge in [-0.2, -0.15) is 0 Å². The standard InChI is InChI=1S/C7H14O2.C5H8O2/c1-4-6-5-8-7(2,3)9-6;1-4-2-3-7-5(4)6/h6H,4-5H2,1-3H3;4H,2-3H2,1H3/t6-;/m0./s1. The molecule has 0 aromatic rings. The lowest BCUT2D eigenvalue weighted by Gasteiger charge is -2.16. The van der Waals surface area contributed by atoms with Gasteiger partial charge in [0.05, 0.1) is 25.2 Å². The number of cyclic esters (lactones) is 1. The van der Waals surface area contributed by atoms with Gasteiger partial charge in [0.15, 0.2) is 5.79 Å². The zero-order chi connectivity index (χ0) is 12.2. The first kappa shape index (κ1) is 13.5. The molecule has 0 radical (unpaired) electrons. The van der Waals surface area contributed by atoms with Crippen LogP contribution in [0.1, 0.15) is 40.5 Å². The molecule has 2 aliphatic heterocycles. The molecule has 1 unspecified atom stereocenters. The van der Waals surface area contributed by atoms with Gasteiger partial charge in [-0.15, -0.1) is 0 Å². The van der Waals surface area contributed by atoms with Gasteiger partial charge >= 0.3 is 5.97 Å². The lowest BCUT2D eigenvalue weighted by molar-refractivity contribution is -0.140. The van der Waals surface area contributed by atoms with E-state index in [2.05, 4.69) is 11.7 Å². The molecule has 0 aromatic heterocycles. The summed E-state index contributed by atoms with van der Waals surface area (Å²) in [6.07, 6.45) is 2.27. The second-order valence-electron chi connectivity index (χ2n) is 4.72. The highest BCUT2D eigenvalue weighted by Gasteiger charge is 2.31. The Bertz CT molecular complexity index is 237. The molecule has 2 fully saturated rings. The second kappa shape index (κ2) is 5.64. The maximum Gasteiger partial charge on any atom is 0.308 e. The molecule has 0 spiro atoms. The van der Waals surface area contributed by atoms with Crippen LogP contribution in [-0.2, 0) is 19.0 Å². The van der Waals surface area contributed by atoms with Crippen molar-refractivity contribution in [2.24, 2.45) is 5.92 Å². The number of hydrogen-bond acceptors (Lipinski definition) is 4. The first-order chi connectivity index (χ1) is 7.44. The molecule has 2 saturated heterocycles. The van der Waals surface area contributed by atoms with Crippen molar-refractivity contribution in [3.63, 3.8) is 0 Å². The molecule has 0 bridgehead atoms. The van der Waals surface area contributed by atoms with E-state index in [1.54, 1.807) is 0 Å². The minimum atomic E-state index is -0.333. The Balaban J connectivity index is 0.000000165. The normalized spacial score (nSPS) is 31.9. The van der Waals surface area contributed by atoms with Crippen LogP contribution in [0.5, 0.6) is 0 Å². The van der Waals surface area contributed by atoms with Crippen molar-refractivity contribution in [1.29, 1.82) is 0 Å². The highest BCUT2D eigenvalue weighted by Crippen LogP contribution is 2.23. The van der Waals surface area contributed by atoms with Crippen molar-refractivity contribution in [2.45, 2.75) is 52.4 Å². The second-order valence-corrected chi connectivity index (χ2v) is 4.72. The Hall–Kier alpha value is -0.610. The molecule has 0 amide bonds. The highest BCUT2D eigenvalue weighted by molar-refractivity contribution is 5.73. The van der Waals surface area contributed by atoms with Crippen molar-refractivity contribution in [3.8, 4) is 0 Å². The quantitative estimate of drug-likeness (QED) is 0.647. The van der Waals surface area contributed by atoms with Gasteiger partial charge < -0.3 is 14.2 Å². The molecule has 0 saturated carbocycles. The molecule has 0 N–H and O–H groups in total. The summed E-state index contributed by atoms with van der Waals surface area (Å²) in [5.74, 6) is -0.222. The van der Waals surface area contributed by atoms with Gasteiger partial charge in [-0.25, -0.2) is 0 Å². The SMILES string of the molecule is CC1CCOC1=O.CC[C@H]1COC(C)(C)O1. The van der Waals surface area contributed by atoms with Crippen LogP contribution < -0.4 is 0 Å². The lowest BCUT2D eigenvalue weighted by Crippen LogP contribution is -2.21. The van der Waals surface area contributed by atoms with Gasteiger partial charge in [-0.3, -0.25) is 4.79 Å². The summed E-state index contributed by atoms with van der Waals surface area (Å²) in [7, 11) is 0. The van der Waals surface area contributed by atoms with Crippen LogP contribution >= 0.6 is 0 Å². The minimum absolute atomic E-state index is 0.0417. The summed E-state index contributed by atoms with van der Waals surface area (Å²) in [6.45, 7) is 9.26. The molecule has 2 heterocycles. The van der Waals surface area contributed by atoms with Crippen LogP contribution in [0.25, 0.3) is 0 Å². The van der Waals surface area contributed by atoms with Gasteiger partial charge in [-0.1, -0.05) is 13.8 Å². The van der Waals surface area contributed by atoms with Crippen molar-refractivity contribution < 1.29 is 19.0 Å². The molecule has 2 atom stereocenters. The summed E-state index contributed by atoms with van der Waals surface area (Å²) in [6, 6.07) is 0. The summed E-state index contributed by atoms with van der Waals surface area (Å²) >= 11 is 0. The maximum absolute atomic E-state index is 10.4. The fourth-order valence-electron chi connectivity index (χ4n) is 1.56. The van der Waals surface area contributed by atoms with Crippen LogP contribution in [0.2, 0.25) is 0 Å². The van der Waals surface area contributed by atoms with Crippen molar-refractivity contribution >= 4 is 5.97 Å². The van der Waals surface area contributed by atoms with E-state index in [4.69, 9.17) is 9.47 Å². The van der Waals surface area contributed by atoms with Crippen molar-refractivity contribution in [3.05, 3.63) is 0 Å². The Morgan fingerprint density at radius 1 is 1.44 bits per heavy atom. The van der Waals surface area contributed by atoms with Crippen LogP contribution in [0.15, 0.2) is 0 Å². The molecule has 94 valence electrons. The molecular formula is C12H22O4. The predicted octanol–water partition coefficient (Wildman–Crippen LogP) is 2.12. The van der Waals surface area contributed by atoms with Gasteiger partial charge in [0.25, 0.3) is 0 Å². The zero-order valence-electron chi connectivity index (χ0n) is 10.6. The molecule has 0 aliphatic carbocycles. The molecule has 2 rings (SSSR count). The maximum atomic E-state index is 10.4. The number of ether oxygens (including phenoxy) is 3. The summed E-state index contributed by atoms with van der Waals surface area (Å²) in [4.78, 5) is 10.4. The summed E-state index contributed by atoms with van der Waals surface area (Å²) in [5, 5.41) is 0. The van der Waals surface area contributed by atoms with E-state index in [-0.39, 0.29) is 17.7 Å². The van der Waals surface area contributed by atoms with E-state index >= 15 is 0 Å². The molecule has 4 heteroatoms. The van der Waals surface area contributed by atoms with Crippen molar-refractivity contribution in [2.75, 3.05) is 13.2 Å². The number of carbonyl (C=O) groups is 1. The molecule has 16 heavy (non-hydrogen) atoms. The summed E-state index contributed by atoms with van der Waals surface area (Å²) < 4.78 is 15.4. The van der Waals surface area contributed by atoms with Crippen molar-refractivity contribution in [1.82, 2.24) is 0 Å². The van der Waals surface area contributed by atoms with E-state index in [1.807, 2.05) is 20.8 Å². The molecule has 4 nitrogen and oxygen atoms in total. The van der Waals surface area contributed by atoms with E-state index in [9.17, 15) is 4.79 Å². The number of hydrogen-bond donors (Lipinski definition) is 0. The van der Waals surface area contributed by atoms with Gasteiger partial charge in [0.2, 0.25) is 0 Å². The third-order valence-corrected chi connectivity index (χ3v) is 2.72. The van der Waals surface area contributed by atoms with E-state index in [0.717, 1.165) is 19.4 Å². The number of esters is 1. The smallest absolute Gasteiger partial charge is 0.308 e. The molecule has 2 aliphatic rings. The number of carbonyl (C=O) groups excluding carboxylic acids is 1. The van der Waals surface area contributed by atoms with E-state index in [0.29, 0.717) is 12.7 Å². The predicted molar refractivity (Wildman–Crippen MR) is 59.9 cm³/mol. The third kappa shape index (κ3) is 4.10. The molecular weight excluding hydrogens is 208 g/mol. The summed E-state index contributed by atoms with van der Waals surface area (Å²) in [5.41, 5.74) is 0. The average molecular weight is 230 g/mol. The Morgan fingerprint density at radius 2 is 2.12 bits per heavy atom. The van der Waals surface area contributed by atoms with E-state index in [1.165, 1.54) is 0 Å². The fraction of sp³-hybridized carbons (Fsp3) is 0.917. The Morgan fingerprint density at radius 3 is 2.31 bits per heavy atom. The van der Waals surface area contributed by atoms with Gasteiger partial charge in [0, 0.05) is 0 Å². The van der Waals surface area contributed by atoms with Crippen LogP contribution in [-0.4, -0.2) is 31.1 Å². The minimum Gasteiger partial charge on any atom is -0.465 e. The Labute approximate surface area is 97.2 Å². The van der Waals surface area contributed by atoms with Crippen LogP contribution in [0.4, 0.5) is 0 Å². The highest BCUT2D eigenvalue weighted by atomic mass is 16.7. The zero-order valence-corrected chi connectivity index (χ0v) is 10.6. The fourth-order valence-corrected chi connectivity index (χ4v) is 1.56. The first-order valence-electron chi connectivity index (χ1n) is 5.93. The Kier molecular flexibility index (Phi) is 4.74. The van der Waals surface area contributed by atoms with E-state index < -0.39 is 0 Å². The third-order valence-electron chi connectivity index (χ3n) is 2.72. The van der Waals surface area contributed by atoms with Gasteiger partial charge in [0.1, 0.15) is 0 Å². The molecule has 0 aromatic carbocycles. The van der Waals surface area contributed by atoms with Crippen LogP contribution in [0, 0.1) is 5.92 Å². The average Bonchev–Trinajstić information content (AvgIpc) is 2.75. The van der Waals surface area contributed by atoms with Crippen LogP contribution in [0.3, 0.4) is 0 Å². The lowest BCUT2D eigenvalue weighted by atomic mass is 10.2. The largest absolute Gasteiger partial charge is 0.465 e. The first-order valence-corrected chi connectivity index (χ1v) is 5.93. The monoisotopic (exact) mass is 230 g/mol.